The van der Waals surface area contributed by atoms with Gasteiger partial charge in [0, 0.05) is 6.04 Å². The molecule has 17 heavy (non-hydrogen) atoms. The fourth-order valence-electron chi connectivity index (χ4n) is 2.50. The van der Waals surface area contributed by atoms with Crippen molar-refractivity contribution in [1.29, 1.82) is 0 Å². The maximum atomic E-state index is 13.2. The summed E-state index contributed by atoms with van der Waals surface area (Å²) in [5, 5.41) is 3.51. The lowest BCUT2D eigenvalue weighted by molar-refractivity contribution is 0.355. The summed E-state index contributed by atoms with van der Waals surface area (Å²) in [5.41, 5.74) is 1.62. The molecule has 1 atom stereocenters. The average molecular weight is 300 g/mol. The molecule has 0 radical (unpaired) electrons. The van der Waals surface area contributed by atoms with E-state index in [0.29, 0.717) is 15.9 Å². The minimum absolute atomic E-state index is 0.182. The first-order valence-corrected chi connectivity index (χ1v) is 7.04. The Morgan fingerprint density at radius 3 is 2.71 bits per heavy atom. The molecule has 0 bridgehead atoms. The van der Waals surface area contributed by atoms with E-state index in [0.717, 1.165) is 13.0 Å². The molecule has 1 unspecified atom stereocenters. The first-order chi connectivity index (χ1) is 8.07. The second-order valence-electron chi connectivity index (χ2n) is 5.07. The quantitative estimate of drug-likeness (QED) is 0.869. The molecule has 3 heteroatoms. The molecule has 1 aliphatic carbocycles. The van der Waals surface area contributed by atoms with E-state index in [1.807, 2.05) is 12.1 Å². The molecule has 0 heterocycles. The van der Waals surface area contributed by atoms with Gasteiger partial charge in [0.2, 0.25) is 0 Å². The smallest absolute Gasteiger partial charge is 0.137 e. The van der Waals surface area contributed by atoms with Crippen LogP contribution >= 0.6 is 15.9 Å². The van der Waals surface area contributed by atoms with Gasteiger partial charge in [-0.3, -0.25) is 0 Å². The predicted octanol–water partition coefficient (Wildman–Crippen LogP) is 3.91. The Bertz CT molecular complexity index is 401. The highest BCUT2D eigenvalue weighted by Crippen LogP contribution is 2.51. The van der Waals surface area contributed by atoms with Crippen LogP contribution in [0.1, 0.15) is 32.3 Å². The van der Waals surface area contributed by atoms with Gasteiger partial charge in [-0.15, -0.1) is 0 Å². The Kier molecular flexibility index (Phi) is 3.88. The van der Waals surface area contributed by atoms with Gasteiger partial charge < -0.3 is 5.32 Å². The van der Waals surface area contributed by atoms with E-state index in [9.17, 15) is 4.39 Å². The van der Waals surface area contributed by atoms with Crippen LogP contribution in [0.2, 0.25) is 0 Å². The average Bonchev–Trinajstić information content (AvgIpc) is 3.05. The summed E-state index contributed by atoms with van der Waals surface area (Å²) < 4.78 is 13.7. The minimum atomic E-state index is -0.182. The molecular formula is C14H19BrFN. The molecular weight excluding hydrogens is 281 g/mol. The van der Waals surface area contributed by atoms with Gasteiger partial charge in [0.05, 0.1) is 4.47 Å². The highest BCUT2D eigenvalue weighted by Gasteiger charge is 2.46. The van der Waals surface area contributed by atoms with Crippen molar-refractivity contribution >= 4 is 15.9 Å². The maximum absolute atomic E-state index is 13.2. The number of benzene rings is 1. The van der Waals surface area contributed by atoms with Gasteiger partial charge in [-0.25, -0.2) is 4.39 Å². The lowest BCUT2D eigenvalue weighted by atomic mass is 9.90. The van der Waals surface area contributed by atoms with Crippen molar-refractivity contribution < 1.29 is 4.39 Å². The Morgan fingerprint density at radius 1 is 1.47 bits per heavy atom. The Labute approximate surface area is 111 Å². The number of halogens is 2. The summed E-state index contributed by atoms with van der Waals surface area (Å²) in [5.74, 6) is -0.182. The number of rotatable bonds is 5. The molecule has 94 valence electrons. The Balaban J connectivity index is 2.07. The van der Waals surface area contributed by atoms with Crippen LogP contribution in [0.5, 0.6) is 0 Å². The van der Waals surface area contributed by atoms with Crippen LogP contribution in [0.15, 0.2) is 22.7 Å². The predicted molar refractivity (Wildman–Crippen MR) is 72.6 cm³/mol. The second kappa shape index (κ2) is 5.07. The van der Waals surface area contributed by atoms with Crippen LogP contribution < -0.4 is 5.32 Å². The number of hydrogen-bond donors (Lipinski definition) is 1. The molecule has 1 saturated carbocycles. The maximum Gasteiger partial charge on any atom is 0.137 e. The van der Waals surface area contributed by atoms with Crippen molar-refractivity contribution in [1.82, 2.24) is 5.32 Å². The third-order valence-electron chi connectivity index (χ3n) is 3.86. The summed E-state index contributed by atoms with van der Waals surface area (Å²) in [7, 11) is 0. The fraction of sp³-hybridized carbons (Fsp3) is 0.571. The molecule has 1 fully saturated rings. The molecule has 0 aromatic heterocycles. The number of nitrogens with one attached hydrogen (secondary N) is 1. The van der Waals surface area contributed by atoms with Gasteiger partial charge in [0.15, 0.2) is 0 Å². The van der Waals surface area contributed by atoms with Gasteiger partial charge in [-0.1, -0.05) is 13.0 Å². The topological polar surface area (TPSA) is 12.0 Å². The zero-order valence-corrected chi connectivity index (χ0v) is 12.0. The highest BCUT2D eigenvalue weighted by atomic mass is 79.9. The lowest BCUT2D eigenvalue weighted by Crippen LogP contribution is -2.35. The first kappa shape index (κ1) is 13.0. The summed E-state index contributed by atoms with van der Waals surface area (Å²) in [4.78, 5) is 0. The Morgan fingerprint density at radius 2 is 2.18 bits per heavy atom. The van der Waals surface area contributed by atoms with Gasteiger partial charge in [0.25, 0.3) is 0 Å². The van der Waals surface area contributed by atoms with E-state index in [1.54, 1.807) is 6.07 Å². The van der Waals surface area contributed by atoms with Gasteiger partial charge in [0.1, 0.15) is 5.82 Å². The standard InChI is InChI=1S/C14H19BrFN/c1-3-17-10(2)14(6-7-14)9-11-4-5-13(16)12(15)8-11/h4-5,8,10,17H,3,6-7,9H2,1-2H3. The molecule has 0 saturated heterocycles. The molecule has 1 nitrogen and oxygen atoms in total. The molecule has 0 aliphatic heterocycles. The van der Waals surface area contributed by atoms with Gasteiger partial charge >= 0.3 is 0 Å². The molecule has 0 spiro atoms. The highest BCUT2D eigenvalue weighted by molar-refractivity contribution is 9.10. The second-order valence-corrected chi connectivity index (χ2v) is 5.92. The van der Waals surface area contributed by atoms with Gasteiger partial charge in [-0.05, 0) is 71.8 Å². The first-order valence-electron chi connectivity index (χ1n) is 6.25. The van der Waals surface area contributed by atoms with Crippen molar-refractivity contribution in [2.75, 3.05) is 6.54 Å². The van der Waals surface area contributed by atoms with Crippen LogP contribution in [0.4, 0.5) is 4.39 Å². The fourth-order valence-corrected chi connectivity index (χ4v) is 2.93. The third kappa shape index (κ3) is 2.89. The van der Waals surface area contributed by atoms with Crippen LogP contribution in [0.25, 0.3) is 0 Å². The zero-order valence-electron chi connectivity index (χ0n) is 10.4. The minimum Gasteiger partial charge on any atom is -0.314 e. The largest absolute Gasteiger partial charge is 0.314 e. The van der Waals surface area contributed by atoms with Crippen LogP contribution in [0.3, 0.4) is 0 Å². The zero-order chi connectivity index (χ0) is 12.5. The third-order valence-corrected chi connectivity index (χ3v) is 4.47. The van der Waals surface area contributed by atoms with Crippen molar-refractivity contribution in [2.24, 2.45) is 5.41 Å². The van der Waals surface area contributed by atoms with E-state index in [1.165, 1.54) is 18.4 Å². The van der Waals surface area contributed by atoms with Crippen molar-refractivity contribution in [3.63, 3.8) is 0 Å². The monoisotopic (exact) mass is 299 g/mol. The number of hydrogen-bond acceptors (Lipinski definition) is 1. The molecule has 0 amide bonds. The van der Waals surface area contributed by atoms with Crippen molar-refractivity contribution in [3.8, 4) is 0 Å². The summed E-state index contributed by atoms with van der Waals surface area (Å²) in [6, 6.07) is 5.90. The Hall–Kier alpha value is -0.410. The molecule has 1 aromatic carbocycles. The SMILES string of the molecule is CCNC(C)C1(Cc2ccc(F)c(Br)c2)CC1. The molecule has 1 aliphatic rings. The lowest BCUT2D eigenvalue weighted by Gasteiger charge is -2.24. The van der Waals surface area contributed by atoms with Crippen molar-refractivity contribution in [3.05, 3.63) is 34.1 Å². The summed E-state index contributed by atoms with van der Waals surface area (Å²) in [6.07, 6.45) is 3.59. The van der Waals surface area contributed by atoms with Crippen molar-refractivity contribution in [2.45, 2.75) is 39.2 Å². The van der Waals surface area contributed by atoms with Crippen LogP contribution in [0, 0.1) is 11.2 Å². The normalized spacial score (nSPS) is 19.1. The summed E-state index contributed by atoms with van der Waals surface area (Å²) >= 11 is 3.25. The molecule has 1 N–H and O–H groups in total. The van der Waals surface area contributed by atoms with E-state index in [4.69, 9.17) is 0 Å². The molecule has 1 aromatic rings. The van der Waals surface area contributed by atoms with E-state index < -0.39 is 0 Å². The van der Waals surface area contributed by atoms with Crippen LogP contribution in [-0.4, -0.2) is 12.6 Å². The van der Waals surface area contributed by atoms with E-state index in [-0.39, 0.29) is 5.82 Å². The summed E-state index contributed by atoms with van der Waals surface area (Å²) in [6.45, 7) is 5.41. The van der Waals surface area contributed by atoms with Gasteiger partial charge in [-0.2, -0.15) is 0 Å². The van der Waals surface area contributed by atoms with Crippen LogP contribution in [-0.2, 0) is 6.42 Å². The van der Waals surface area contributed by atoms with E-state index >= 15 is 0 Å². The van der Waals surface area contributed by atoms with E-state index in [2.05, 4.69) is 35.1 Å². The molecule has 2 rings (SSSR count).